The van der Waals surface area contributed by atoms with Gasteiger partial charge in [0.2, 0.25) is 6.08 Å². The number of isocyanates is 1. The van der Waals surface area contributed by atoms with E-state index in [0.29, 0.717) is 6.54 Å². The van der Waals surface area contributed by atoms with E-state index in [0.717, 1.165) is 42.7 Å². The molecule has 0 spiro atoms. The van der Waals surface area contributed by atoms with Crippen LogP contribution in [0.1, 0.15) is 31.2 Å². The maximum atomic E-state index is 10.5. The Labute approximate surface area is 113 Å². The predicted molar refractivity (Wildman–Crippen MR) is 72.7 cm³/mol. The van der Waals surface area contributed by atoms with Crippen LogP contribution in [0.25, 0.3) is 0 Å². The molecule has 19 heavy (non-hydrogen) atoms. The van der Waals surface area contributed by atoms with E-state index in [1.165, 1.54) is 0 Å². The molecule has 0 bridgehead atoms. The summed E-state index contributed by atoms with van der Waals surface area (Å²) in [4.78, 5) is 14.3. The number of methoxy groups -OCH3 is 2. The average molecular weight is 261 g/mol. The molecule has 0 aliphatic heterocycles. The van der Waals surface area contributed by atoms with Crippen LogP contribution in [0.4, 0.5) is 0 Å². The maximum absolute atomic E-state index is 10.5. The molecule has 1 aromatic rings. The molecule has 1 aromatic carbocycles. The van der Waals surface area contributed by atoms with Crippen molar-refractivity contribution in [3.8, 4) is 11.5 Å². The highest BCUT2D eigenvalue weighted by Gasteiger charge is 2.38. The Morgan fingerprint density at radius 1 is 1.26 bits per heavy atom. The molecule has 1 aliphatic carbocycles. The largest absolute Gasteiger partial charge is 0.497 e. The first kappa shape index (κ1) is 13.6. The van der Waals surface area contributed by atoms with Gasteiger partial charge in [-0.05, 0) is 31.0 Å². The summed E-state index contributed by atoms with van der Waals surface area (Å²) in [7, 11) is 3.31. The number of hydrogen-bond donors (Lipinski definition) is 0. The van der Waals surface area contributed by atoms with Gasteiger partial charge in [-0.1, -0.05) is 12.8 Å². The molecule has 0 atom stereocenters. The van der Waals surface area contributed by atoms with E-state index >= 15 is 0 Å². The van der Waals surface area contributed by atoms with Gasteiger partial charge in [0, 0.05) is 11.0 Å². The molecule has 4 heteroatoms. The normalized spacial score (nSPS) is 16.7. The van der Waals surface area contributed by atoms with E-state index in [2.05, 4.69) is 4.99 Å². The van der Waals surface area contributed by atoms with Crippen molar-refractivity contribution in [1.29, 1.82) is 0 Å². The summed E-state index contributed by atoms with van der Waals surface area (Å²) in [6, 6.07) is 5.80. The number of ether oxygens (including phenoxy) is 2. The number of benzene rings is 1. The summed E-state index contributed by atoms with van der Waals surface area (Å²) in [5.74, 6) is 1.64. The summed E-state index contributed by atoms with van der Waals surface area (Å²) in [6.07, 6.45) is 5.98. The minimum atomic E-state index is -0.114. The number of nitrogens with zero attached hydrogens (tertiary/aromatic N) is 1. The third kappa shape index (κ3) is 2.64. The predicted octanol–water partition coefficient (Wildman–Crippen LogP) is 2.85. The summed E-state index contributed by atoms with van der Waals surface area (Å²) in [5.41, 5.74) is 0.975. The minimum Gasteiger partial charge on any atom is -0.497 e. The summed E-state index contributed by atoms with van der Waals surface area (Å²) >= 11 is 0. The van der Waals surface area contributed by atoms with Crippen LogP contribution in [-0.4, -0.2) is 26.8 Å². The zero-order valence-electron chi connectivity index (χ0n) is 11.4. The van der Waals surface area contributed by atoms with Crippen molar-refractivity contribution in [2.45, 2.75) is 31.1 Å². The van der Waals surface area contributed by atoms with Crippen LogP contribution in [0, 0.1) is 0 Å². The van der Waals surface area contributed by atoms with Crippen molar-refractivity contribution >= 4 is 6.08 Å². The Morgan fingerprint density at radius 3 is 2.58 bits per heavy atom. The van der Waals surface area contributed by atoms with Gasteiger partial charge in [-0.25, -0.2) is 9.79 Å². The average Bonchev–Trinajstić information content (AvgIpc) is 2.94. The molecule has 0 N–H and O–H groups in total. The molecule has 2 rings (SSSR count). The van der Waals surface area contributed by atoms with Crippen LogP contribution in [0.2, 0.25) is 0 Å². The van der Waals surface area contributed by atoms with Crippen molar-refractivity contribution in [3.63, 3.8) is 0 Å². The van der Waals surface area contributed by atoms with E-state index in [9.17, 15) is 4.79 Å². The fraction of sp³-hybridized carbons (Fsp3) is 0.533. The van der Waals surface area contributed by atoms with Gasteiger partial charge in [-0.15, -0.1) is 0 Å². The quantitative estimate of drug-likeness (QED) is 0.605. The van der Waals surface area contributed by atoms with Crippen molar-refractivity contribution in [2.24, 2.45) is 4.99 Å². The van der Waals surface area contributed by atoms with Crippen molar-refractivity contribution in [1.82, 2.24) is 0 Å². The maximum Gasteiger partial charge on any atom is 0.234 e. The fourth-order valence-electron chi connectivity index (χ4n) is 2.98. The highest BCUT2D eigenvalue weighted by atomic mass is 16.5. The molecule has 0 amide bonds. The second-order valence-corrected chi connectivity index (χ2v) is 4.96. The first-order valence-corrected chi connectivity index (χ1v) is 6.52. The molecule has 0 aromatic heterocycles. The van der Waals surface area contributed by atoms with Crippen molar-refractivity contribution in [3.05, 3.63) is 23.8 Å². The highest BCUT2D eigenvalue weighted by molar-refractivity contribution is 5.46. The summed E-state index contributed by atoms with van der Waals surface area (Å²) in [6.45, 7) is 0.472. The molecule has 1 saturated carbocycles. The molecule has 1 aliphatic rings. The van der Waals surface area contributed by atoms with E-state index in [-0.39, 0.29) is 5.41 Å². The third-order valence-corrected chi connectivity index (χ3v) is 3.98. The molecule has 102 valence electrons. The Hall–Kier alpha value is -1.80. The lowest BCUT2D eigenvalue weighted by Crippen LogP contribution is -2.26. The first-order chi connectivity index (χ1) is 9.25. The van der Waals surface area contributed by atoms with E-state index in [1.54, 1.807) is 20.3 Å². The van der Waals surface area contributed by atoms with Gasteiger partial charge in [0.1, 0.15) is 11.5 Å². The van der Waals surface area contributed by atoms with E-state index < -0.39 is 0 Å². The number of carbonyl (C=O) groups excluding carboxylic acids is 1. The Morgan fingerprint density at radius 2 is 2.00 bits per heavy atom. The minimum absolute atomic E-state index is 0.114. The van der Waals surface area contributed by atoms with Gasteiger partial charge in [0.15, 0.2) is 0 Å². The lowest BCUT2D eigenvalue weighted by Gasteiger charge is -2.29. The van der Waals surface area contributed by atoms with Crippen LogP contribution < -0.4 is 9.47 Å². The Kier molecular flexibility index (Phi) is 4.23. The molecule has 0 saturated heterocycles. The van der Waals surface area contributed by atoms with Gasteiger partial charge in [-0.2, -0.15) is 0 Å². The Bertz CT molecular complexity index is 486. The smallest absolute Gasteiger partial charge is 0.234 e. The first-order valence-electron chi connectivity index (χ1n) is 6.52. The second kappa shape index (κ2) is 5.89. The van der Waals surface area contributed by atoms with Crippen molar-refractivity contribution in [2.75, 3.05) is 20.8 Å². The van der Waals surface area contributed by atoms with Crippen LogP contribution >= 0.6 is 0 Å². The van der Waals surface area contributed by atoms with Gasteiger partial charge in [0.05, 0.1) is 20.8 Å². The fourth-order valence-corrected chi connectivity index (χ4v) is 2.98. The van der Waals surface area contributed by atoms with Gasteiger partial charge in [-0.3, -0.25) is 0 Å². The monoisotopic (exact) mass is 261 g/mol. The molecule has 0 heterocycles. The lowest BCUT2D eigenvalue weighted by molar-refractivity contribution is 0.370. The zero-order valence-corrected chi connectivity index (χ0v) is 11.4. The standard InChI is InChI=1S/C15H19NO3/c1-18-12-5-6-14(19-2)13(9-12)15(10-16-11-17)7-3-4-8-15/h5-6,9H,3-4,7-8,10H2,1-2H3. The van der Waals surface area contributed by atoms with Crippen LogP contribution in [0.3, 0.4) is 0 Å². The number of hydrogen-bond acceptors (Lipinski definition) is 4. The van der Waals surface area contributed by atoms with Gasteiger partial charge < -0.3 is 9.47 Å². The zero-order chi connectivity index (χ0) is 13.7. The molecular weight excluding hydrogens is 242 g/mol. The second-order valence-electron chi connectivity index (χ2n) is 4.96. The SMILES string of the molecule is COc1ccc(OC)c(C2(CN=C=O)CCCC2)c1. The van der Waals surface area contributed by atoms with Crippen LogP contribution in [0.5, 0.6) is 11.5 Å². The molecule has 1 fully saturated rings. The third-order valence-electron chi connectivity index (χ3n) is 3.98. The highest BCUT2D eigenvalue weighted by Crippen LogP contribution is 2.46. The van der Waals surface area contributed by atoms with Crippen LogP contribution in [0.15, 0.2) is 23.2 Å². The molecule has 0 unspecified atom stereocenters. The molecule has 0 radical (unpaired) electrons. The van der Waals surface area contributed by atoms with Crippen molar-refractivity contribution < 1.29 is 14.3 Å². The Balaban J connectivity index is 2.48. The number of aliphatic imine (C=N–C) groups is 1. The van der Waals surface area contributed by atoms with Gasteiger partial charge in [0.25, 0.3) is 0 Å². The molecule has 4 nitrogen and oxygen atoms in total. The number of rotatable bonds is 5. The van der Waals surface area contributed by atoms with E-state index in [4.69, 9.17) is 9.47 Å². The summed E-state index contributed by atoms with van der Waals surface area (Å²) in [5, 5.41) is 0. The topological polar surface area (TPSA) is 47.9 Å². The van der Waals surface area contributed by atoms with Gasteiger partial charge >= 0.3 is 0 Å². The van der Waals surface area contributed by atoms with E-state index in [1.807, 2.05) is 18.2 Å². The lowest BCUT2D eigenvalue weighted by atomic mass is 9.78. The molecular formula is C15H19NO3. The summed E-state index contributed by atoms with van der Waals surface area (Å²) < 4.78 is 10.8. The van der Waals surface area contributed by atoms with Crippen LogP contribution in [-0.2, 0) is 10.2 Å².